The lowest BCUT2D eigenvalue weighted by Crippen LogP contribution is -2.50. The Morgan fingerprint density at radius 2 is 1.83 bits per heavy atom. The smallest absolute Gasteiger partial charge is 0.302 e. The van der Waals surface area contributed by atoms with Gasteiger partial charge in [-0.2, -0.15) is 0 Å². The molecule has 132 valence electrons. The Kier molecular flexibility index (Phi) is 3.71. The van der Waals surface area contributed by atoms with Crippen LogP contribution in [0.5, 0.6) is 0 Å². The zero-order chi connectivity index (χ0) is 17.1. The molecular formula is C21H30O3. The van der Waals surface area contributed by atoms with Crippen LogP contribution in [0.1, 0.15) is 72.1 Å². The van der Waals surface area contributed by atoms with Crippen molar-refractivity contribution in [3.63, 3.8) is 0 Å². The van der Waals surface area contributed by atoms with Crippen molar-refractivity contribution in [3.05, 3.63) is 11.6 Å². The first-order chi connectivity index (χ1) is 11.3. The molecule has 0 aromatic rings. The lowest BCUT2D eigenvalue weighted by atomic mass is 9.48. The molecule has 0 radical (unpaired) electrons. The molecule has 1 unspecified atom stereocenters. The summed E-state index contributed by atoms with van der Waals surface area (Å²) >= 11 is 0. The van der Waals surface area contributed by atoms with Gasteiger partial charge < -0.3 is 4.74 Å². The Bertz CT molecular complexity index is 606. The number of esters is 1. The number of ether oxygens (including phenoxy) is 1. The van der Waals surface area contributed by atoms with E-state index in [2.05, 4.69) is 19.9 Å². The van der Waals surface area contributed by atoms with Crippen molar-refractivity contribution in [2.45, 2.75) is 78.2 Å². The number of hydrogen-bond donors (Lipinski definition) is 0. The van der Waals surface area contributed by atoms with Gasteiger partial charge in [-0.05, 0) is 61.7 Å². The zero-order valence-electron chi connectivity index (χ0n) is 15.3. The highest BCUT2D eigenvalue weighted by Gasteiger charge is 2.58. The van der Waals surface area contributed by atoms with Crippen molar-refractivity contribution in [2.75, 3.05) is 0 Å². The minimum Gasteiger partial charge on any atom is -0.462 e. The molecular weight excluding hydrogens is 300 g/mol. The second-order valence-corrected chi connectivity index (χ2v) is 9.15. The number of fused-ring (bicyclic) bond motifs is 5. The topological polar surface area (TPSA) is 43.4 Å². The highest BCUT2D eigenvalue weighted by atomic mass is 16.5. The minimum absolute atomic E-state index is 0.0438. The van der Waals surface area contributed by atoms with Crippen molar-refractivity contribution in [2.24, 2.45) is 28.6 Å². The fraction of sp³-hybridized carbons (Fsp3) is 0.810. The second-order valence-electron chi connectivity index (χ2n) is 9.15. The van der Waals surface area contributed by atoms with Crippen molar-refractivity contribution in [1.29, 1.82) is 0 Å². The summed E-state index contributed by atoms with van der Waals surface area (Å²) in [5.74, 6) is 2.33. The maximum absolute atomic E-state index is 12.4. The van der Waals surface area contributed by atoms with Crippen LogP contribution in [-0.4, -0.2) is 17.9 Å². The summed E-state index contributed by atoms with van der Waals surface area (Å²) < 4.78 is 5.50. The van der Waals surface area contributed by atoms with E-state index in [9.17, 15) is 9.59 Å². The summed E-state index contributed by atoms with van der Waals surface area (Å²) in [6.07, 6.45) is 10.8. The number of rotatable bonds is 1. The number of allylic oxidation sites excluding steroid dienone is 1. The van der Waals surface area contributed by atoms with Crippen LogP contribution in [0.4, 0.5) is 0 Å². The van der Waals surface area contributed by atoms with Gasteiger partial charge >= 0.3 is 5.97 Å². The number of Topliss-reactive ketones (excluding diaryl/α,β-unsaturated/α-hetero) is 1. The maximum Gasteiger partial charge on any atom is 0.302 e. The summed E-state index contributed by atoms with van der Waals surface area (Å²) in [6, 6.07) is 0. The van der Waals surface area contributed by atoms with Crippen LogP contribution in [0.3, 0.4) is 0 Å². The van der Waals surface area contributed by atoms with E-state index in [0.29, 0.717) is 23.5 Å². The average Bonchev–Trinajstić information content (AvgIpc) is 2.83. The molecule has 4 rings (SSSR count). The number of carbonyl (C=O) groups is 2. The van der Waals surface area contributed by atoms with Crippen LogP contribution >= 0.6 is 0 Å². The molecule has 0 aromatic carbocycles. The quantitative estimate of drug-likeness (QED) is 0.527. The molecule has 0 spiro atoms. The van der Waals surface area contributed by atoms with E-state index in [0.717, 1.165) is 44.9 Å². The lowest BCUT2D eigenvalue weighted by Gasteiger charge is -2.56. The summed E-state index contributed by atoms with van der Waals surface area (Å²) in [6.45, 7) is 6.19. The second kappa shape index (κ2) is 5.44. The van der Waals surface area contributed by atoms with Gasteiger partial charge in [0.1, 0.15) is 11.9 Å². The van der Waals surface area contributed by atoms with Gasteiger partial charge in [0.15, 0.2) is 0 Å². The maximum atomic E-state index is 12.4. The lowest BCUT2D eigenvalue weighted by molar-refractivity contribution is -0.148. The normalized spacial score (nSPS) is 47.3. The molecule has 4 aliphatic carbocycles. The van der Waals surface area contributed by atoms with Crippen LogP contribution in [0.15, 0.2) is 11.6 Å². The van der Waals surface area contributed by atoms with E-state index in [1.807, 2.05) is 0 Å². The van der Waals surface area contributed by atoms with Crippen molar-refractivity contribution in [3.8, 4) is 0 Å². The van der Waals surface area contributed by atoms with E-state index in [-0.39, 0.29) is 22.9 Å². The SMILES string of the molecule is CC(=O)O[C@H]1CC[C@@]2(C)C(=CCC3[C@@H]2CC[C@]2(C)C(=O)CC[C@@H]32)C1. The van der Waals surface area contributed by atoms with Gasteiger partial charge in [-0.25, -0.2) is 0 Å². The molecule has 0 aliphatic heterocycles. The standard InChI is InChI=1S/C21H30O3/c1-13(22)24-15-8-10-20(2)14(12-15)4-5-16-17-6-7-19(23)21(17,3)11-9-18(16)20/h4,15-18H,5-12H2,1-3H3/t15-,16?,17-,18-,20-,21-/m0/s1. The van der Waals surface area contributed by atoms with E-state index < -0.39 is 0 Å². The number of ketones is 1. The summed E-state index contributed by atoms with van der Waals surface area (Å²) in [7, 11) is 0. The third-order valence-corrected chi connectivity index (χ3v) is 8.10. The van der Waals surface area contributed by atoms with Gasteiger partial charge in [0.2, 0.25) is 0 Å². The Morgan fingerprint density at radius 1 is 1.12 bits per heavy atom. The van der Waals surface area contributed by atoms with Gasteiger partial charge in [-0.3, -0.25) is 9.59 Å². The first-order valence-electron chi connectivity index (χ1n) is 9.74. The molecule has 3 saturated carbocycles. The van der Waals surface area contributed by atoms with Crippen molar-refractivity contribution in [1.82, 2.24) is 0 Å². The Labute approximate surface area is 145 Å². The molecule has 0 aromatic heterocycles. The van der Waals surface area contributed by atoms with Crippen LogP contribution in [0.25, 0.3) is 0 Å². The highest BCUT2D eigenvalue weighted by Crippen LogP contribution is 2.64. The Hall–Kier alpha value is -1.12. The van der Waals surface area contributed by atoms with E-state index in [1.165, 1.54) is 18.9 Å². The molecule has 0 bridgehead atoms. The number of hydrogen-bond acceptors (Lipinski definition) is 3. The van der Waals surface area contributed by atoms with Crippen molar-refractivity contribution >= 4 is 11.8 Å². The third kappa shape index (κ3) is 2.23. The molecule has 0 N–H and O–H groups in total. The van der Waals surface area contributed by atoms with Gasteiger partial charge in [0.25, 0.3) is 0 Å². The predicted octanol–water partition coefficient (Wildman–Crippen LogP) is 4.45. The van der Waals surface area contributed by atoms with Crippen LogP contribution in [0.2, 0.25) is 0 Å². The molecule has 24 heavy (non-hydrogen) atoms. The van der Waals surface area contributed by atoms with Crippen LogP contribution in [0, 0.1) is 28.6 Å². The van der Waals surface area contributed by atoms with Gasteiger partial charge in [-0.15, -0.1) is 0 Å². The average molecular weight is 330 g/mol. The molecule has 0 heterocycles. The van der Waals surface area contributed by atoms with Gasteiger partial charge in [0.05, 0.1) is 0 Å². The fourth-order valence-corrected chi connectivity index (χ4v) is 6.73. The number of carbonyl (C=O) groups excluding carboxylic acids is 2. The van der Waals surface area contributed by atoms with Crippen molar-refractivity contribution < 1.29 is 14.3 Å². The summed E-state index contributed by atoms with van der Waals surface area (Å²) in [5.41, 5.74) is 1.74. The van der Waals surface area contributed by atoms with E-state index in [1.54, 1.807) is 0 Å². The predicted molar refractivity (Wildman–Crippen MR) is 92.3 cm³/mol. The van der Waals surface area contributed by atoms with E-state index >= 15 is 0 Å². The fourth-order valence-electron chi connectivity index (χ4n) is 6.73. The molecule has 3 fully saturated rings. The van der Waals surface area contributed by atoms with Gasteiger partial charge in [-0.1, -0.05) is 25.5 Å². The van der Waals surface area contributed by atoms with Crippen LogP contribution in [-0.2, 0) is 14.3 Å². The zero-order valence-corrected chi connectivity index (χ0v) is 15.3. The summed E-state index contributed by atoms with van der Waals surface area (Å²) in [4.78, 5) is 23.7. The largest absolute Gasteiger partial charge is 0.462 e. The molecule has 0 saturated heterocycles. The third-order valence-electron chi connectivity index (χ3n) is 8.10. The first kappa shape index (κ1) is 16.4. The Morgan fingerprint density at radius 3 is 2.58 bits per heavy atom. The van der Waals surface area contributed by atoms with E-state index in [4.69, 9.17) is 4.74 Å². The molecule has 0 amide bonds. The summed E-state index contributed by atoms with van der Waals surface area (Å²) in [5, 5.41) is 0. The first-order valence-corrected chi connectivity index (χ1v) is 9.74. The highest BCUT2D eigenvalue weighted by molar-refractivity contribution is 5.87. The molecule has 3 heteroatoms. The van der Waals surface area contributed by atoms with Crippen LogP contribution < -0.4 is 0 Å². The Balaban J connectivity index is 1.60. The molecule has 3 nitrogen and oxygen atoms in total. The molecule has 6 atom stereocenters. The minimum atomic E-state index is -0.157. The van der Waals surface area contributed by atoms with Gasteiger partial charge in [0, 0.05) is 25.2 Å². The molecule has 4 aliphatic rings. The monoisotopic (exact) mass is 330 g/mol.